The van der Waals surface area contributed by atoms with E-state index in [0.717, 1.165) is 18.4 Å². The highest BCUT2D eigenvalue weighted by Gasteiger charge is 2.47. The van der Waals surface area contributed by atoms with Crippen LogP contribution in [0.15, 0.2) is 53.1 Å². The number of hydrogen-bond acceptors (Lipinski definition) is 5. The smallest absolute Gasteiger partial charge is 0.393 e. The Balaban J connectivity index is 1.62. The largest absolute Gasteiger partial charge is 0.416 e. The van der Waals surface area contributed by atoms with Crippen molar-refractivity contribution in [2.75, 3.05) is 13.2 Å². The molecule has 40 heavy (non-hydrogen) atoms. The standard InChI is InChI=1S/C27H32F6N4O3/c1-17(38)13-24(37-16-35-36-23(37)39)8-9-25(34-14-24,20-6-4-3-5-7-20)15-40-18(2)19-10-21(26(28,29)30)12-22(11-19)27(31,32)33/h4,6-7,10-12,16-18,34,38H,3,5,8-9,13-15H2,1-2H3,(H,36,39)/t17-,18-,24-,25-/m1/s1. The highest BCUT2D eigenvalue weighted by molar-refractivity contribution is 5.36. The number of aliphatic hydroxyl groups is 1. The molecule has 1 aliphatic carbocycles. The van der Waals surface area contributed by atoms with Gasteiger partial charge in [0.2, 0.25) is 0 Å². The zero-order chi connectivity index (χ0) is 29.3. The lowest BCUT2D eigenvalue weighted by atomic mass is 9.73. The van der Waals surface area contributed by atoms with Gasteiger partial charge in [0.05, 0.1) is 41.0 Å². The van der Waals surface area contributed by atoms with Crippen molar-refractivity contribution in [1.82, 2.24) is 20.1 Å². The lowest BCUT2D eigenvalue weighted by Crippen LogP contribution is -2.63. The van der Waals surface area contributed by atoms with Crippen molar-refractivity contribution < 1.29 is 36.2 Å². The minimum absolute atomic E-state index is 0.0486. The number of hydrogen-bond donors (Lipinski definition) is 3. The van der Waals surface area contributed by atoms with Gasteiger partial charge in [0.15, 0.2) is 0 Å². The van der Waals surface area contributed by atoms with E-state index < -0.39 is 52.5 Å². The third-order valence-electron chi connectivity index (χ3n) is 7.72. The van der Waals surface area contributed by atoms with E-state index in [1.165, 1.54) is 17.8 Å². The topological polar surface area (TPSA) is 92.2 Å². The Labute approximate surface area is 226 Å². The maximum atomic E-state index is 13.4. The SMILES string of the molecule is C[C@@H](O)C[C@]1(n2cn[nH]c2=O)CC[C@@](CO[C@H](C)c2cc(C(F)(F)F)cc(C(F)(F)F)c2)(C2=CCCC=C2)NC1. The highest BCUT2D eigenvalue weighted by Crippen LogP contribution is 2.41. The lowest BCUT2D eigenvalue weighted by molar-refractivity contribution is -0.143. The monoisotopic (exact) mass is 574 g/mol. The lowest BCUT2D eigenvalue weighted by Gasteiger charge is -2.49. The fourth-order valence-corrected chi connectivity index (χ4v) is 5.57. The van der Waals surface area contributed by atoms with Crippen molar-refractivity contribution in [3.8, 4) is 0 Å². The van der Waals surface area contributed by atoms with Crippen LogP contribution >= 0.6 is 0 Å². The second-order valence-corrected chi connectivity index (χ2v) is 10.7. The van der Waals surface area contributed by atoms with Gasteiger partial charge < -0.3 is 15.2 Å². The molecule has 2 aromatic rings. The molecule has 1 aromatic heterocycles. The average Bonchev–Trinajstić information content (AvgIpc) is 3.33. The third kappa shape index (κ3) is 6.36. The molecule has 0 unspecified atom stereocenters. The Morgan fingerprint density at radius 2 is 1.75 bits per heavy atom. The number of rotatable bonds is 8. The summed E-state index contributed by atoms with van der Waals surface area (Å²) in [7, 11) is 0. The molecule has 13 heteroatoms. The molecule has 0 amide bonds. The molecule has 0 spiro atoms. The van der Waals surface area contributed by atoms with Gasteiger partial charge in [-0.2, -0.15) is 31.4 Å². The van der Waals surface area contributed by atoms with Crippen LogP contribution in [-0.2, 0) is 22.6 Å². The zero-order valence-electron chi connectivity index (χ0n) is 22.1. The fourth-order valence-electron chi connectivity index (χ4n) is 5.57. The third-order valence-corrected chi connectivity index (χ3v) is 7.72. The van der Waals surface area contributed by atoms with Gasteiger partial charge in [-0.1, -0.05) is 18.2 Å². The normalized spacial score (nSPS) is 25.5. The fraction of sp³-hybridized carbons (Fsp3) is 0.556. The molecule has 0 radical (unpaired) electrons. The average molecular weight is 575 g/mol. The summed E-state index contributed by atoms with van der Waals surface area (Å²) >= 11 is 0. The number of aliphatic hydroxyl groups excluding tert-OH is 1. The van der Waals surface area contributed by atoms with Crippen molar-refractivity contribution in [2.45, 2.75) is 81.6 Å². The van der Waals surface area contributed by atoms with E-state index in [4.69, 9.17) is 4.74 Å². The minimum atomic E-state index is -4.96. The molecule has 1 fully saturated rings. The Morgan fingerprint density at radius 3 is 2.23 bits per heavy atom. The summed E-state index contributed by atoms with van der Waals surface area (Å²) in [6.07, 6.45) is -1.73. The first kappa shape index (κ1) is 30.1. The van der Waals surface area contributed by atoms with Crippen molar-refractivity contribution in [3.05, 3.63) is 75.5 Å². The van der Waals surface area contributed by atoms with Gasteiger partial charge in [-0.05, 0) is 75.3 Å². The molecule has 220 valence electrons. The number of allylic oxidation sites excluding steroid dienone is 2. The van der Waals surface area contributed by atoms with Crippen LogP contribution in [-0.4, -0.2) is 44.7 Å². The van der Waals surface area contributed by atoms with Gasteiger partial charge in [-0.3, -0.25) is 4.57 Å². The van der Waals surface area contributed by atoms with Crippen molar-refractivity contribution >= 4 is 0 Å². The number of aromatic amines is 1. The number of piperidine rings is 1. The van der Waals surface area contributed by atoms with Crippen LogP contribution < -0.4 is 11.0 Å². The number of H-pyrrole nitrogens is 1. The number of nitrogens with zero attached hydrogens (tertiary/aromatic N) is 2. The van der Waals surface area contributed by atoms with Gasteiger partial charge >= 0.3 is 18.0 Å². The van der Waals surface area contributed by atoms with Crippen LogP contribution in [0.3, 0.4) is 0 Å². The summed E-state index contributed by atoms with van der Waals surface area (Å²) in [5.41, 5.74) is -4.22. The molecule has 0 saturated carbocycles. The van der Waals surface area contributed by atoms with E-state index in [1.807, 2.05) is 18.2 Å². The summed E-state index contributed by atoms with van der Waals surface area (Å²) < 4.78 is 87.9. The Kier molecular flexibility index (Phi) is 8.40. The number of alkyl halides is 6. The van der Waals surface area contributed by atoms with E-state index in [1.54, 1.807) is 6.92 Å². The number of aromatic nitrogens is 3. The van der Waals surface area contributed by atoms with Crippen LogP contribution in [0.4, 0.5) is 26.3 Å². The van der Waals surface area contributed by atoms with Gasteiger partial charge in [-0.25, -0.2) is 9.89 Å². The number of ether oxygens (including phenoxy) is 1. The van der Waals surface area contributed by atoms with Crippen LogP contribution in [0.25, 0.3) is 0 Å². The molecular weight excluding hydrogens is 542 g/mol. The van der Waals surface area contributed by atoms with Crippen LogP contribution in [0.1, 0.15) is 68.7 Å². The quantitative estimate of drug-likeness (QED) is 0.375. The Morgan fingerprint density at radius 1 is 1.07 bits per heavy atom. The first-order valence-electron chi connectivity index (χ1n) is 13.0. The summed E-state index contributed by atoms with van der Waals surface area (Å²) in [6.45, 7) is 3.23. The molecule has 0 bridgehead atoms. The molecule has 2 heterocycles. The van der Waals surface area contributed by atoms with Gasteiger partial charge in [0, 0.05) is 6.54 Å². The maximum absolute atomic E-state index is 13.4. The molecule has 4 atom stereocenters. The summed E-state index contributed by atoms with van der Waals surface area (Å²) in [5.74, 6) is 0. The molecule has 1 aromatic carbocycles. The molecule has 1 aliphatic heterocycles. The van der Waals surface area contributed by atoms with E-state index in [0.29, 0.717) is 25.0 Å². The molecule has 7 nitrogen and oxygen atoms in total. The second kappa shape index (κ2) is 11.2. The van der Waals surface area contributed by atoms with Crippen molar-refractivity contribution in [3.63, 3.8) is 0 Å². The molecule has 4 rings (SSSR count). The van der Waals surface area contributed by atoms with Gasteiger partial charge in [0.1, 0.15) is 6.33 Å². The van der Waals surface area contributed by atoms with Crippen molar-refractivity contribution in [1.29, 1.82) is 0 Å². The van der Waals surface area contributed by atoms with E-state index >= 15 is 0 Å². The number of benzene rings is 1. The van der Waals surface area contributed by atoms with E-state index in [-0.39, 0.29) is 31.2 Å². The summed E-state index contributed by atoms with van der Waals surface area (Å²) in [6, 6.07) is 1.46. The Bertz CT molecular complexity index is 1270. The molecule has 1 saturated heterocycles. The maximum Gasteiger partial charge on any atom is 0.416 e. The predicted octanol–water partition coefficient (Wildman–Crippen LogP) is 5.25. The van der Waals surface area contributed by atoms with E-state index in [9.17, 15) is 36.2 Å². The van der Waals surface area contributed by atoms with Gasteiger partial charge in [-0.15, -0.1) is 0 Å². The van der Waals surface area contributed by atoms with Crippen LogP contribution in [0.2, 0.25) is 0 Å². The van der Waals surface area contributed by atoms with Crippen LogP contribution in [0, 0.1) is 0 Å². The second-order valence-electron chi connectivity index (χ2n) is 10.7. The molecular formula is C27H32F6N4O3. The zero-order valence-corrected chi connectivity index (χ0v) is 22.1. The predicted molar refractivity (Wildman–Crippen MR) is 134 cm³/mol. The summed E-state index contributed by atoms with van der Waals surface area (Å²) in [5, 5.41) is 19.9. The summed E-state index contributed by atoms with van der Waals surface area (Å²) in [4.78, 5) is 12.5. The van der Waals surface area contributed by atoms with Gasteiger partial charge in [0.25, 0.3) is 0 Å². The number of nitrogens with one attached hydrogen (secondary N) is 2. The first-order chi connectivity index (χ1) is 18.7. The highest BCUT2D eigenvalue weighted by atomic mass is 19.4. The van der Waals surface area contributed by atoms with Crippen LogP contribution in [0.5, 0.6) is 0 Å². The first-order valence-corrected chi connectivity index (χ1v) is 13.0. The molecule has 2 aliphatic rings. The minimum Gasteiger partial charge on any atom is -0.393 e. The number of halogens is 6. The van der Waals surface area contributed by atoms with Crippen molar-refractivity contribution in [2.24, 2.45) is 0 Å². The van der Waals surface area contributed by atoms with E-state index in [2.05, 4.69) is 15.5 Å². The Hall–Kier alpha value is -2.90. The molecule has 3 N–H and O–H groups in total.